The number of thiophene rings is 1. The molecule has 12 heteroatoms. The number of hydrogen-bond donors (Lipinski definition) is 1. The summed E-state index contributed by atoms with van der Waals surface area (Å²) in [5.74, 6) is 0.310. The first-order valence-corrected chi connectivity index (χ1v) is 16.8. The summed E-state index contributed by atoms with van der Waals surface area (Å²) in [7, 11) is 5.12. The minimum atomic E-state index is -0.739. The normalized spacial score (nSPS) is 16.0. The highest BCUT2D eigenvalue weighted by atomic mass is 35.5. The van der Waals surface area contributed by atoms with Gasteiger partial charge in [0.05, 0.1) is 30.7 Å². The van der Waals surface area contributed by atoms with Crippen LogP contribution in [0.25, 0.3) is 0 Å². The van der Waals surface area contributed by atoms with Gasteiger partial charge in [-0.15, -0.1) is 11.3 Å². The number of rotatable bonds is 14. The van der Waals surface area contributed by atoms with Crippen molar-refractivity contribution in [1.29, 1.82) is 0 Å². The summed E-state index contributed by atoms with van der Waals surface area (Å²) in [6.07, 6.45) is 3.44. The second kappa shape index (κ2) is 16.4. The molecule has 0 aliphatic carbocycles. The van der Waals surface area contributed by atoms with E-state index in [4.69, 9.17) is 42.1 Å². The van der Waals surface area contributed by atoms with Crippen LogP contribution >= 0.6 is 34.5 Å². The number of pyridine rings is 1. The highest BCUT2D eigenvalue weighted by Crippen LogP contribution is 2.36. The molecule has 9 nitrogen and oxygen atoms in total. The number of likely N-dealkylation sites (N-methyl/N-ethyl adjacent to an activating group) is 1. The average molecular weight is 699 g/mol. The highest BCUT2D eigenvalue weighted by molar-refractivity contribution is 7.13. The van der Waals surface area contributed by atoms with Crippen LogP contribution in [0.5, 0.6) is 11.5 Å². The number of likely N-dealkylation sites (tertiary alicyclic amines) is 1. The van der Waals surface area contributed by atoms with Gasteiger partial charge in [0.1, 0.15) is 17.1 Å². The highest BCUT2D eigenvalue weighted by Gasteiger charge is 2.26. The third kappa shape index (κ3) is 9.24. The number of methoxy groups -OCH3 is 2. The number of carbonyl (C=O) groups excluding carboxylic acids is 2. The third-order valence-electron chi connectivity index (χ3n) is 7.98. The fourth-order valence-corrected chi connectivity index (χ4v) is 6.84. The van der Waals surface area contributed by atoms with Gasteiger partial charge in [-0.25, -0.2) is 4.79 Å². The second-order valence-electron chi connectivity index (χ2n) is 11.3. The maximum Gasteiger partial charge on any atom is 0.348 e. The van der Waals surface area contributed by atoms with Crippen molar-refractivity contribution < 1.29 is 28.5 Å². The van der Waals surface area contributed by atoms with E-state index in [1.165, 1.54) is 23.7 Å². The Hall–Kier alpha value is -3.67. The van der Waals surface area contributed by atoms with Crippen molar-refractivity contribution >= 4 is 46.5 Å². The number of benzene rings is 2. The molecular weight excluding hydrogens is 661 g/mol. The Bertz CT molecular complexity index is 1650. The smallest absolute Gasteiger partial charge is 0.348 e. The van der Waals surface area contributed by atoms with Crippen molar-refractivity contribution in [2.45, 2.75) is 44.1 Å². The lowest BCUT2D eigenvalue weighted by atomic mass is 10.0. The molecule has 0 spiro atoms. The Kier molecular flexibility index (Phi) is 12.1. The maximum atomic E-state index is 13.5. The summed E-state index contributed by atoms with van der Waals surface area (Å²) >= 11 is 14.2. The number of carbonyl (C=O) groups is 2. The number of nitrogens with one attached hydrogen (secondary N) is 1. The van der Waals surface area contributed by atoms with Crippen LogP contribution < -0.4 is 14.8 Å². The summed E-state index contributed by atoms with van der Waals surface area (Å²) in [6.45, 7) is 2.11. The SMILES string of the molecule is COc1ccc([C@H](Cc2c(Cl)cncc2Cl)OC(=O)c2ccc(CNC(CC(=O)O[C@@H]3CCN(C)C3)c3ccccc3)s2)cc1OC. The second-order valence-corrected chi connectivity index (χ2v) is 13.3. The first-order valence-electron chi connectivity index (χ1n) is 15.2. The van der Waals surface area contributed by atoms with E-state index in [2.05, 4.69) is 15.2 Å². The summed E-state index contributed by atoms with van der Waals surface area (Å²) in [5, 5.41) is 4.23. The molecule has 1 aliphatic heterocycles. The first kappa shape index (κ1) is 34.7. The van der Waals surface area contributed by atoms with Crippen LogP contribution in [0.3, 0.4) is 0 Å². The van der Waals surface area contributed by atoms with Crippen LogP contribution in [-0.4, -0.2) is 62.3 Å². The summed E-state index contributed by atoms with van der Waals surface area (Å²) < 4.78 is 22.7. The summed E-state index contributed by atoms with van der Waals surface area (Å²) in [6, 6.07) is 18.5. The number of nitrogens with zero attached hydrogens (tertiary/aromatic N) is 2. The van der Waals surface area contributed by atoms with Gasteiger partial charge in [0, 0.05) is 49.4 Å². The van der Waals surface area contributed by atoms with Crippen molar-refractivity contribution in [2.24, 2.45) is 0 Å². The van der Waals surface area contributed by atoms with Crippen molar-refractivity contribution in [2.75, 3.05) is 34.4 Å². The van der Waals surface area contributed by atoms with Crippen LogP contribution in [0.2, 0.25) is 10.0 Å². The van der Waals surface area contributed by atoms with Gasteiger partial charge in [-0.1, -0.05) is 59.6 Å². The molecule has 47 heavy (non-hydrogen) atoms. The van der Waals surface area contributed by atoms with E-state index in [0.29, 0.717) is 44.1 Å². The Balaban J connectivity index is 1.29. The molecule has 1 unspecified atom stereocenters. The molecule has 1 aliphatic rings. The van der Waals surface area contributed by atoms with Gasteiger partial charge in [0.2, 0.25) is 0 Å². The number of esters is 2. The molecule has 1 N–H and O–H groups in total. The van der Waals surface area contributed by atoms with Crippen LogP contribution in [-0.2, 0) is 27.2 Å². The molecule has 248 valence electrons. The first-order chi connectivity index (χ1) is 22.7. The third-order valence-corrected chi connectivity index (χ3v) is 9.69. The van der Waals surface area contributed by atoms with Crippen molar-refractivity contribution in [3.63, 3.8) is 0 Å². The predicted molar refractivity (Wildman–Crippen MR) is 183 cm³/mol. The Labute approximate surface area is 288 Å². The van der Waals surface area contributed by atoms with Gasteiger partial charge in [-0.05, 0) is 54.4 Å². The van der Waals surface area contributed by atoms with E-state index in [0.717, 1.165) is 30.0 Å². The zero-order valence-corrected chi connectivity index (χ0v) is 28.7. The lowest BCUT2D eigenvalue weighted by molar-refractivity contribution is -0.149. The molecule has 1 saturated heterocycles. The van der Waals surface area contributed by atoms with Crippen LogP contribution in [0, 0.1) is 0 Å². The zero-order chi connectivity index (χ0) is 33.3. The number of ether oxygens (including phenoxy) is 4. The fraction of sp³-hybridized carbons (Fsp3) is 0.343. The van der Waals surface area contributed by atoms with Crippen LogP contribution in [0.1, 0.15) is 56.2 Å². The van der Waals surface area contributed by atoms with Gasteiger partial charge < -0.3 is 29.2 Å². The Morgan fingerprint density at radius 2 is 1.74 bits per heavy atom. The van der Waals surface area contributed by atoms with Gasteiger partial charge in [-0.3, -0.25) is 9.78 Å². The topological polar surface area (TPSA) is 99.2 Å². The number of aromatic nitrogens is 1. The number of hydrogen-bond acceptors (Lipinski definition) is 10. The standard InChI is InChI=1S/C35H37Cl2N3O6S/c1-40-14-13-24(21-40)45-34(41)17-29(22-7-5-4-6-8-22)39-18-25-10-12-33(47-25)35(42)46-31(16-26-27(36)19-38-20-28(26)37)23-9-11-30(43-2)32(15-23)44-3/h4-12,15,19-20,24,29,31,39H,13-14,16-18,21H2,1-3H3/t24-,29?,31+/m1/s1. The Morgan fingerprint density at radius 3 is 2.43 bits per heavy atom. The fourth-order valence-electron chi connectivity index (χ4n) is 5.48. The minimum absolute atomic E-state index is 0.0803. The Morgan fingerprint density at radius 1 is 1.00 bits per heavy atom. The summed E-state index contributed by atoms with van der Waals surface area (Å²) in [5.41, 5.74) is 2.27. The largest absolute Gasteiger partial charge is 0.493 e. The van der Waals surface area contributed by atoms with E-state index in [1.54, 1.807) is 32.4 Å². The van der Waals surface area contributed by atoms with Crippen LogP contribution in [0.15, 0.2) is 73.1 Å². The van der Waals surface area contributed by atoms with E-state index >= 15 is 0 Å². The monoisotopic (exact) mass is 697 g/mol. The van der Waals surface area contributed by atoms with Crippen molar-refractivity contribution in [3.05, 3.63) is 110 Å². The van der Waals surface area contributed by atoms with Crippen molar-refractivity contribution in [3.8, 4) is 11.5 Å². The van der Waals surface area contributed by atoms with Gasteiger partial charge >= 0.3 is 11.9 Å². The molecule has 0 bridgehead atoms. The van der Waals surface area contributed by atoms with Gasteiger partial charge in [0.15, 0.2) is 11.5 Å². The zero-order valence-electron chi connectivity index (χ0n) is 26.4. The molecule has 5 rings (SSSR count). The average Bonchev–Trinajstić information content (AvgIpc) is 3.73. The molecule has 0 saturated carbocycles. The molecular formula is C35H37Cl2N3O6S. The molecule has 3 atom stereocenters. The lowest BCUT2D eigenvalue weighted by Crippen LogP contribution is -2.27. The van der Waals surface area contributed by atoms with E-state index in [1.807, 2.05) is 49.5 Å². The van der Waals surface area contributed by atoms with Crippen LogP contribution in [0.4, 0.5) is 0 Å². The minimum Gasteiger partial charge on any atom is -0.493 e. The molecule has 4 aromatic rings. The molecule has 0 radical (unpaired) electrons. The van der Waals surface area contributed by atoms with Gasteiger partial charge in [0.25, 0.3) is 0 Å². The van der Waals surface area contributed by atoms with Gasteiger partial charge in [-0.2, -0.15) is 0 Å². The predicted octanol–water partition coefficient (Wildman–Crippen LogP) is 7.08. The lowest BCUT2D eigenvalue weighted by Gasteiger charge is -2.21. The van der Waals surface area contributed by atoms with E-state index in [9.17, 15) is 9.59 Å². The summed E-state index contributed by atoms with van der Waals surface area (Å²) in [4.78, 5) is 34.0. The van der Waals surface area contributed by atoms with E-state index in [-0.39, 0.29) is 31.0 Å². The maximum absolute atomic E-state index is 13.5. The molecule has 1 fully saturated rings. The van der Waals surface area contributed by atoms with Crippen molar-refractivity contribution in [1.82, 2.24) is 15.2 Å². The molecule has 2 aromatic carbocycles. The quantitative estimate of drug-likeness (QED) is 0.139. The molecule has 0 amide bonds. The molecule has 2 aromatic heterocycles. The number of halogens is 2. The molecule has 3 heterocycles. The van der Waals surface area contributed by atoms with E-state index < -0.39 is 12.1 Å².